The van der Waals surface area contributed by atoms with Gasteiger partial charge in [0, 0.05) is 17.8 Å². The highest BCUT2D eigenvalue weighted by molar-refractivity contribution is 6.31. The molecule has 1 aliphatic heterocycles. The average molecular weight is 417 g/mol. The molecule has 0 spiro atoms. The van der Waals surface area contributed by atoms with Crippen LogP contribution in [-0.2, 0) is 0 Å². The Labute approximate surface area is 171 Å². The summed E-state index contributed by atoms with van der Waals surface area (Å²) in [5.41, 5.74) is 1.20. The number of urea groups is 1. The first-order chi connectivity index (χ1) is 14.0. The molecule has 4 rings (SSSR count). The monoisotopic (exact) mass is 416 g/mol. The smallest absolute Gasteiger partial charge is 0.322 e. The number of anilines is 1. The molecular weight excluding hydrogens is 399 g/mol. The number of methoxy groups -OCH3 is 1. The van der Waals surface area contributed by atoms with Crippen LogP contribution in [0.15, 0.2) is 47.0 Å². The molecule has 9 heteroatoms. The zero-order chi connectivity index (χ0) is 20.4. The molecule has 1 N–H and O–H groups in total. The molecule has 150 valence electrons. The summed E-state index contributed by atoms with van der Waals surface area (Å²) in [6.45, 7) is 0.547. The van der Waals surface area contributed by atoms with E-state index in [1.807, 2.05) is 24.3 Å². The first-order valence-electron chi connectivity index (χ1n) is 9.06. The highest BCUT2D eigenvalue weighted by Gasteiger charge is 2.34. The van der Waals surface area contributed by atoms with Crippen molar-refractivity contribution in [3.8, 4) is 17.1 Å². The number of ether oxygens (including phenoxy) is 1. The normalized spacial score (nSPS) is 16.1. The van der Waals surface area contributed by atoms with Gasteiger partial charge in [0.2, 0.25) is 11.7 Å². The molecule has 0 radical (unpaired) electrons. The maximum absolute atomic E-state index is 13.3. The number of carbonyl (C=O) groups excluding carboxylic acids is 1. The summed E-state index contributed by atoms with van der Waals surface area (Å²) in [6.07, 6.45) is 1.52. The van der Waals surface area contributed by atoms with Crippen LogP contribution in [0, 0.1) is 5.82 Å². The van der Waals surface area contributed by atoms with Gasteiger partial charge in [0.1, 0.15) is 17.6 Å². The van der Waals surface area contributed by atoms with E-state index in [9.17, 15) is 9.18 Å². The number of nitrogens with one attached hydrogen (secondary N) is 1. The number of benzene rings is 2. The molecule has 2 aromatic carbocycles. The van der Waals surface area contributed by atoms with Gasteiger partial charge in [0.05, 0.1) is 12.1 Å². The molecule has 1 aromatic heterocycles. The van der Waals surface area contributed by atoms with Crippen molar-refractivity contribution in [2.24, 2.45) is 0 Å². The predicted octanol–water partition coefficient (Wildman–Crippen LogP) is 4.91. The van der Waals surface area contributed by atoms with Crippen molar-refractivity contribution in [1.29, 1.82) is 0 Å². The number of nitrogens with zero attached hydrogens (tertiary/aromatic N) is 3. The summed E-state index contributed by atoms with van der Waals surface area (Å²) in [5, 5.41) is 6.72. The summed E-state index contributed by atoms with van der Waals surface area (Å²) in [4.78, 5) is 18.8. The lowest BCUT2D eigenvalue weighted by molar-refractivity contribution is 0.193. The number of hydrogen-bond acceptors (Lipinski definition) is 5. The quantitative estimate of drug-likeness (QED) is 0.653. The minimum absolute atomic E-state index is 0.0539. The molecule has 29 heavy (non-hydrogen) atoms. The Morgan fingerprint density at radius 2 is 2.10 bits per heavy atom. The Morgan fingerprint density at radius 3 is 2.83 bits per heavy atom. The van der Waals surface area contributed by atoms with Gasteiger partial charge in [-0.15, -0.1) is 0 Å². The Balaban J connectivity index is 1.49. The SMILES string of the molecule is COc1ccc(-c2noc([C@@H]3CCCN3C(=O)Nc3ccc(F)c(Cl)c3)n2)cc1. The van der Waals surface area contributed by atoms with Crippen LogP contribution in [0.5, 0.6) is 5.75 Å². The van der Waals surface area contributed by atoms with Crippen molar-refractivity contribution >= 4 is 23.3 Å². The van der Waals surface area contributed by atoms with Crippen LogP contribution in [0.1, 0.15) is 24.8 Å². The first kappa shape index (κ1) is 19.2. The van der Waals surface area contributed by atoms with E-state index in [1.54, 1.807) is 12.0 Å². The second-order valence-electron chi connectivity index (χ2n) is 6.60. The van der Waals surface area contributed by atoms with Crippen LogP contribution in [0.3, 0.4) is 0 Å². The van der Waals surface area contributed by atoms with Crippen LogP contribution >= 0.6 is 11.6 Å². The molecule has 0 saturated carbocycles. The van der Waals surface area contributed by atoms with Crippen LogP contribution < -0.4 is 10.1 Å². The topological polar surface area (TPSA) is 80.5 Å². The van der Waals surface area contributed by atoms with Gasteiger partial charge in [0.15, 0.2) is 0 Å². The highest BCUT2D eigenvalue weighted by atomic mass is 35.5. The van der Waals surface area contributed by atoms with E-state index in [1.165, 1.54) is 18.2 Å². The van der Waals surface area contributed by atoms with Crippen molar-refractivity contribution in [2.45, 2.75) is 18.9 Å². The van der Waals surface area contributed by atoms with Crippen LogP contribution in [0.25, 0.3) is 11.4 Å². The third-order valence-electron chi connectivity index (χ3n) is 4.76. The minimum Gasteiger partial charge on any atom is -0.497 e. The second kappa shape index (κ2) is 8.08. The largest absolute Gasteiger partial charge is 0.497 e. The number of amides is 2. The van der Waals surface area contributed by atoms with E-state index in [-0.39, 0.29) is 17.1 Å². The Bertz CT molecular complexity index is 1020. The highest BCUT2D eigenvalue weighted by Crippen LogP contribution is 2.33. The van der Waals surface area contributed by atoms with Gasteiger partial charge >= 0.3 is 6.03 Å². The maximum atomic E-state index is 13.3. The molecule has 2 amide bonds. The van der Waals surface area contributed by atoms with E-state index < -0.39 is 5.82 Å². The molecule has 7 nitrogen and oxygen atoms in total. The molecule has 0 aliphatic carbocycles. The molecule has 3 aromatic rings. The van der Waals surface area contributed by atoms with Crippen LogP contribution in [0.2, 0.25) is 5.02 Å². The zero-order valence-corrected chi connectivity index (χ0v) is 16.3. The average Bonchev–Trinajstić information content (AvgIpc) is 3.40. The Morgan fingerprint density at radius 1 is 1.31 bits per heavy atom. The van der Waals surface area contributed by atoms with Gasteiger partial charge in [-0.25, -0.2) is 9.18 Å². The molecular formula is C20H18ClFN4O3. The Hall–Kier alpha value is -3.13. The molecule has 0 bridgehead atoms. The van der Waals surface area contributed by atoms with Gasteiger partial charge in [-0.3, -0.25) is 0 Å². The van der Waals surface area contributed by atoms with Gasteiger partial charge in [-0.1, -0.05) is 16.8 Å². The maximum Gasteiger partial charge on any atom is 0.322 e. The van der Waals surface area contributed by atoms with Crippen LogP contribution in [0.4, 0.5) is 14.9 Å². The zero-order valence-electron chi connectivity index (χ0n) is 15.6. The fraction of sp³-hybridized carbons (Fsp3) is 0.250. The van der Waals surface area contributed by atoms with Gasteiger partial charge in [0.25, 0.3) is 0 Å². The van der Waals surface area contributed by atoms with Crippen molar-refractivity contribution in [3.63, 3.8) is 0 Å². The minimum atomic E-state index is -0.541. The lowest BCUT2D eigenvalue weighted by Gasteiger charge is -2.22. The summed E-state index contributed by atoms with van der Waals surface area (Å²) in [6, 6.07) is 10.7. The van der Waals surface area contributed by atoms with Crippen molar-refractivity contribution in [1.82, 2.24) is 15.0 Å². The molecule has 1 fully saturated rings. The standard InChI is InChI=1S/C20H18ClFN4O3/c1-28-14-7-4-12(5-8-14)18-24-19(29-25-18)17-3-2-10-26(17)20(27)23-13-6-9-16(22)15(21)11-13/h4-9,11,17H,2-3,10H2,1H3,(H,23,27)/t17-/m0/s1. The van der Waals surface area contributed by atoms with E-state index in [4.69, 9.17) is 20.9 Å². The summed E-state index contributed by atoms with van der Waals surface area (Å²) >= 11 is 5.78. The third-order valence-corrected chi connectivity index (χ3v) is 5.05. The molecule has 1 saturated heterocycles. The number of rotatable bonds is 4. The summed E-state index contributed by atoms with van der Waals surface area (Å²) in [5.74, 6) is 1.01. The predicted molar refractivity (Wildman–Crippen MR) is 105 cm³/mol. The van der Waals surface area contributed by atoms with Crippen LogP contribution in [-0.4, -0.2) is 34.7 Å². The van der Waals surface area contributed by atoms with Gasteiger partial charge < -0.3 is 19.5 Å². The van der Waals surface area contributed by atoms with Gasteiger partial charge in [-0.2, -0.15) is 4.98 Å². The molecule has 0 unspecified atom stereocenters. The van der Waals surface area contributed by atoms with Crippen molar-refractivity contribution < 1.29 is 18.4 Å². The summed E-state index contributed by atoms with van der Waals surface area (Å²) in [7, 11) is 1.60. The van der Waals surface area contributed by atoms with E-state index >= 15 is 0 Å². The van der Waals surface area contributed by atoms with E-state index in [0.717, 1.165) is 17.7 Å². The lowest BCUT2D eigenvalue weighted by Crippen LogP contribution is -2.34. The number of hydrogen-bond donors (Lipinski definition) is 1. The first-order valence-corrected chi connectivity index (χ1v) is 9.43. The van der Waals surface area contributed by atoms with E-state index in [2.05, 4.69) is 15.5 Å². The lowest BCUT2D eigenvalue weighted by atomic mass is 10.2. The molecule has 2 heterocycles. The number of halogens is 2. The third kappa shape index (κ3) is 4.02. The fourth-order valence-electron chi connectivity index (χ4n) is 3.26. The molecule has 1 atom stereocenters. The van der Waals surface area contributed by atoms with Crippen molar-refractivity contribution in [2.75, 3.05) is 19.0 Å². The summed E-state index contributed by atoms with van der Waals surface area (Å²) < 4.78 is 23.9. The fourth-order valence-corrected chi connectivity index (χ4v) is 3.44. The molecule has 1 aliphatic rings. The number of carbonyl (C=O) groups is 1. The van der Waals surface area contributed by atoms with Crippen molar-refractivity contribution in [3.05, 3.63) is 59.2 Å². The van der Waals surface area contributed by atoms with E-state index in [0.29, 0.717) is 30.4 Å². The number of likely N-dealkylation sites (tertiary alicyclic amines) is 1. The second-order valence-corrected chi connectivity index (χ2v) is 7.00. The van der Waals surface area contributed by atoms with Gasteiger partial charge in [-0.05, 0) is 55.3 Å². The Kier molecular flexibility index (Phi) is 5.35. The number of aromatic nitrogens is 2.